The van der Waals surface area contributed by atoms with E-state index in [4.69, 9.17) is 0 Å². The number of aromatic nitrogens is 4. The Balaban J connectivity index is 1.50. The fourth-order valence-corrected chi connectivity index (χ4v) is 3.40. The van der Waals surface area contributed by atoms with E-state index in [1.807, 2.05) is 42.5 Å². The number of rotatable bonds is 3. The zero-order valence-electron chi connectivity index (χ0n) is 16.0. The summed E-state index contributed by atoms with van der Waals surface area (Å²) < 4.78 is 41.0. The molecule has 1 aromatic carbocycles. The van der Waals surface area contributed by atoms with Crippen molar-refractivity contribution in [1.82, 2.24) is 25.2 Å². The maximum absolute atomic E-state index is 13.1. The lowest BCUT2D eigenvalue weighted by molar-refractivity contribution is -0.137. The molecular formula is C22H15F3N6. The Bertz CT molecular complexity index is 1320. The van der Waals surface area contributed by atoms with Gasteiger partial charge in [0.05, 0.1) is 46.2 Å². The van der Waals surface area contributed by atoms with Gasteiger partial charge in [-0.15, -0.1) is 0 Å². The summed E-state index contributed by atoms with van der Waals surface area (Å²) in [4.78, 5) is 8.12. The summed E-state index contributed by atoms with van der Waals surface area (Å²) in [6, 6.07) is 12.5. The number of anilines is 1. The first-order valence-electron chi connectivity index (χ1n) is 9.36. The Hall–Kier alpha value is -4.14. The van der Waals surface area contributed by atoms with Gasteiger partial charge in [0.25, 0.3) is 0 Å². The van der Waals surface area contributed by atoms with Gasteiger partial charge >= 0.3 is 6.18 Å². The summed E-state index contributed by atoms with van der Waals surface area (Å²) in [7, 11) is 0. The second-order valence-corrected chi connectivity index (χ2v) is 6.81. The van der Waals surface area contributed by atoms with Crippen molar-refractivity contribution in [2.75, 3.05) is 5.01 Å². The predicted molar refractivity (Wildman–Crippen MR) is 111 cm³/mol. The molecule has 5 rings (SSSR count). The van der Waals surface area contributed by atoms with Crippen LogP contribution in [0.5, 0.6) is 0 Å². The summed E-state index contributed by atoms with van der Waals surface area (Å²) in [5.41, 5.74) is 5.66. The average Bonchev–Trinajstić information content (AvgIpc) is 3.28. The molecule has 9 heteroatoms. The van der Waals surface area contributed by atoms with Crippen LogP contribution < -0.4 is 10.4 Å². The SMILES string of the molecule is FC(F)(F)c1cncc(N2C=CC=C(c3ccnn3-c3ccnc4ccccc34)N2)c1. The molecule has 31 heavy (non-hydrogen) atoms. The Morgan fingerprint density at radius 1 is 0.968 bits per heavy atom. The van der Waals surface area contributed by atoms with Gasteiger partial charge in [-0.3, -0.25) is 20.4 Å². The highest BCUT2D eigenvalue weighted by Crippen LogP contribution is 2.31. The quantitative estimate of drug-likeness (QED) is 0.520. The van der Waals surface area contributed by atoms with Crippen LogP contribution in [0.1, 0.15) is 11.3 Å². The van der Waals surface area contributed by atoms with Gasteiger partial charge in [-0.2, -0.15) is 18.3 Å². The molecule has 0 saturated carbocycles. The highest BCUT2D eigenvalue weighted by Gasteiger charge is 2.31. The van der Waals surface area contributed by atoms with E-state index in [0.717, 1.165) is 34.5 Å². The number of hydrogen-bond donors (Lipinski definition) is 1. The first-order chi connectivity index (χ1) is 15.0. The molecule has 0 radical (unpaired) electrons. The second-order valence-electron chi connectivity index (χ2n) is 6.81. The minimum absolute atomic E-state index is 0.261. The molecule has 4 heterocycles. The van der Waals surface area contributed by atoms with Crippen molar-refractivity contribution in [2.24, 2.45) is 0 Å². The summed E-state index contributed by atoms with van der Waals surface area (Å²) in [6.45, 7) is 0. The van der Waals surface area contributed by atoms with Crippen LogP contribution in [0, 0.1) is 0 Å². The van der Waals surface area contributed by atoms with Gasteiger partial charge in [-0.1, -0.05) is 18.2 Å². The molecule has 6 nitrogen and oxygen atoms in total. The number of halogens is 3. The number of alkyl halides is 3. The number of benzene rings is 1. The fraction of sp³-hybridized carbons (Fsp3) is 0.0455. The van der Waals surface area contributed by atoms with Crippen molar-refractivity contribution in [3.8, 4) is 5.69 Å². The average molecular weight is 420 g/mol. The van der Waals surface area contributed by atoms with Gasteiger partial charge in [-0.25, -0.2) is 4.68 Å². The summed E-state index contributed by atoms with van der Waals surface area (Å²) >= 11 is 0. The van der Waals surface area contributed by atoms with E-state index in [2.05, 4.69) is 20.5 Å². The number of pyridine rings is 2. The highest BCUT2D eigenvalue weighted by atomic mass is 19.4. The van der Waals surface area contributed by atoms with Crippen molar-refractivity contribution in [3.05, 3.63) is 96.9 Å². The van der Waals surface area contributed by atoms with Crippen LogP contribution in [0.15, 0.2) is 85.6 Å². The van der Waals surface area contributed by atoms with Gasteiger partial charge in [-0.05, 0) is 36.4 Å². The number of nitrogens with zero attached hydrogens (tertiary/aromatic N) is 5. The summed E-state index contributed by atoms with van der Waals surface area (Å²) in [6.07, 6.45) is 6.28. The van der Waals surface area contributed by atoms with E-state index in [1.165, 1.54) is 11.2 Å². The number of para-hydroxylation sites is 1. The topological polar surface area (TPSA) is 58.9 Å². The third-order valence-electron chi connectivity index (χ3n) is 4.84. The van der Waals surface area contributed by atoms with Gasteiger partial charge in [0, 0.05) is 24.0 Å². The maximum atomic E-state index is 13.1. The molecule has 0 atom stereocenters. The molecule has 1 N–H and O–H groups in total. The van der Waals surface area contributed by atoms with Crippen LogP contribution in [0.4, 0.5) is 18.9 Å². The Labute approximate surface area is 174 Å². The Kier molecular flexibility index (Phi) is 4.43. The van der Waals surface area contributed by atoms with Crippen LogP contribution in [0.3, 0.4) is 0 Å². The molecule has 0 saturated heterocycles. The van der Waals surface area contributed by atoms with Crippen LogP contribution in [-0.2, 0) is 6.18 Å². The van der Waals surface area contributed by atoms with Crippen molar-refractivity contribution in [3.63, 3.8) is 0 Å². The number of nitrogens with one attached hydrogen (secondary N) is 1. The Morgan fingerprint density at radius 3 is 2.71 bits per heavy atom. The first kappa shape index (κ1) is 18.9. The monoisotopic (exact) mass is 420 g/mol. The number of hydrazine groups is 1. The van der Waals surface area contributed by atoms with E-state index >= 15 is 0 Å². The zero-order valence-corrected chi connectivity index (χ0v) is 16.0. The maximum Gasteiger partial charge on any atom is 0.417 e. The number of hydrogen-bond acceptors (Lipinski definition) is 5. The molecule has 3 aromatic heterocycles. The van der Waals surface area contributed by atoms with E-state index in [0.29, 0.717) is 5.70 Å². The molecule has 0 aliphatic carbocycles. The van der Waals surface area contributed by atoms with Gasteiger partial charge in [0.2, 0.25) is 0 Å². The molecule has 0 fully saturated rings. The standard InChI is InChI=1S/C22H15F3N6/c23-22(24,25)15-12-16(14-26-13-15)30-11-3-6-19(29-30)21-8-10-28-31(21)20-7-9-27-18-5-2-1-4-17(18)20/h1-14,29H. The largest absolute Gasteiger partial charge is 0.417 e. The molecule has 4 aromatic rings. The highest BCUT2D eigenvalue weighted by molar-refractivity contribution is 5.87. The van der Waals surface area contributed by atoms with Crippen molar-refractivity contribution < 1.29 is 13.2 Å². The van der Waals surface area contributed by atoms with Crippen molar-refractivity contribution in [2.45, 2.75) is 6.18 Å². The third-order valence-corrected chi connectivity index (χ3v) is 4.84. The molecule has 0 unspecified atom stereocenters. The molecule has 0 spiro atoms. The first-order valence-corrected chi connectivity index (χ1v) is 9.36. The smallest absolute Gasteiger partial charge is 0.292 e. The van der Waals surface area contributed by atoms with Crippen LogP contribution in [0.2, 0.25) is 0 Å². The van der Waals surface area contributed by atoms with E-state index in [9.17, 15) is 13.2 Å². The zero-order chi connectivity index (χ0) is 21.4. The molecule has 1 aliphatic heterocycles. The third kappa shape index (κ3) is 3.50. The summed E-state index contributed by atoms with van der Waals surface area (Å²) in [5.74, 6) is 0. The van der Waals surface area contributed by atoms with E-state index < -0.39 is 11.7 Å². The van der Waals surface area contributed by atoms with E-state index in [-0.39, 0.29) is 5.69 Å². The molecule has 1 aliphatic rings. The van der Waals surface area contributed by atoms with Crippen molar-refractivity contribution in [1.29, 1.82) is 0 Å². The lowest BCUT2D eigenvalue weighted by atomic mass is 10.2. The summed E-state index contributed by atoms with van der Waals surface area (Å²) in [5, 5.41) is 6.88. The molecular weight excluding hydrogens is 405 g/mol. The van der Waals surface area contributed by atoms with Crippen LogP contribution in [0.25, 0.3) is 22.3 Å². The minimum Gasteiger partial charge on any atom is -0.292 e. The molecule has 154 valence electrons. The fourth-order valence-electron chi connectivity index (χ4n) is 3.40. The van der Waals surface area contributed by atoms with E-state index in [1.54, 1.807) is 29.4 Å². The predicted octanol–water partition coefficient (Wildman–Crippen LogP) is 4.71. The van der Waals surface area contributed by atoms with Crippen LogP contribution >= 0.6 is 0 Å². The molecule has 0 amide bonds. The Morgan fingerprint density at radius 2 is 1.84 bits per heavy atom. The van der Waals surface area contributed by atoms with Gasteiger partial charge in [0.1, 0.15) is 0 Å². The van der Waals surface area contributed by atoms with Gasteiger partial charge in [0.15, 0.2) is 0 Å². The second kappa shape index (κ2) is 7.28. The lowest BCUT2D eigenvalue weighted by Crippen LogP contribution is -2.34. The van der Waals surface area contributed by atoms with Gasteiger partial charge < -0.3 is 0 Å². The van der Waals surface area contributed by atoms with Crippen LogP contribution in [-0.4, -0.2) is 19.7 Å². The number of fused-ring (bicyclic) bond motifs is 1. The normalized spacial score (nSPS) is 13.9. The minimum atomic E-state index is -4.47. The number of allylic oxidation sites excluding steroid dienone is 2. The van der Waals surface area contributed by atoms with Crippen molar-refractivity contribution >= 4 is 22.3 Å². The lowest BCUT2D eigenvalue weighted by Gasteiger charge is -2.27. The molecule has 0 bridgehead atoms.